The molecule has 4 heterocycles. The molecule has 1 saturated heterocycles. The van der Waals surface area contributed by atoms with Crippen LogP contribution in [0.25, 0.3) is 11.1 Å². The number of pyridine rings is 1. The van der Waals surface area contributed by atoms with Gasteiger partial charge in [-0.25, -0.2) is 9.78 Å². The third kappa shape index (κ3) is 4.07. The molecule has 0 aliphatic carbocycles. The standard InChI is InChI=1S/C26H25F3N4O3/c1-3-18-12-33-19(13-32(18)20(4-2)15-5-7-16(8-6-15)26(27,28)29)14-35-24-23(33)22-21(36-25(24)34)10-9-17(11-30)31-22/h5-10,18-20H,3-4,12-14H2,1-2H3/t18-,19+,20+/m1/s1. The Morgan fingerprint density at radius 3 is 2.56 bits per heavy atom. The van der Waals surface area contributed by atoms with Crippen LogP contribution in [0, 0.1) is 11.3 Å². The summed E-state index contributed by atoms with van der Waals surface area (Å²) < 4.78 is 50.5. The number of nitrogens with zero attached hydrogens (tertiary/aromatic N) is 4. The lowest BCUT2D eigenvalue weighted by Gasteiger charge is -2.51. The Balaban J connectivity index is 1.51. The first-order valence-corrected chi connectivity index (χ1v) is 11.9. The molecule has 3 aromatic rings. The Bertz CT molecular complexity index is 1380. The molecule has 7 nitrogen and oxygen atoms in total. The van der Waals surface area contributed by atoms with Crippen LogP contribution in [-0.2, 0) is 6.18 Å². The molecule has 188 valence electrons. The van der Waals surface area contributed by atoms with Crippen LogP contribution < -0.4 is 15.3 Å². The molecule has 3 atom stereocenters. The predicted octanol–water partition coefficient (Wildman–Crippen LogP) is 4.89. The third-order valence-corrected chi connectivity index (χ3v) is 7.13. The summed E-state index contributed by atoms with van der Waals surface area (Å²) in [6.07, 6.45) is -2.85. The molecule has 2 aromatic heterocycles. The first kappa shape index (κ1) is 24.1. The molecule has 36 heavy (non-hydrogen) atoms. The third-order valence-electron chi connectivity index (χ3n) is 7.13. The van der Waals surface area contributed by atoms with Crippen LogP contribution in [-0.4, -0.2) is 41.7 Å². The van der Waals surface area contributed by atoms with Gasteiger partial charge in [0.2, 0.25) is 5.75 Å². The van der Waals surface area contributed by atoms with Gasteiger partial charge in [0, 0.05) is 25.2 Å². The second-order valence-electron chi connectivity index (χ2n) is 9.14. The zero-order valence-electron chi connectivity index (χ0n) is 19.9. The molecule has 1 aromatic carbocycles. The SMILES string of the molecule is CC[C@@H]1CN2c3c(c(=O)oc4ccc(C#N)nc34)OC[C@@H]2CN1[C@@H](CC)c1ccc(C(F)(F)F)cc1. The van der Waals surface area contributed by atoms with Gasteiger partial charge in [-0.05, 0) is 42.7 Å². The molecule has 0 saturated carbocycles. The summed E-state index contributed by atoms with van der Waals surface area (Å²) in [4.78, 5) is 21.5. The molecule has 0 bridgehead atoms. The highest BCUT2D eigenvalue weighted by molar-refractivity contribution is 5.91. The molecule has 0 N–H and O–H groups in total. The number of halogens is 3. The fourth-order valence-electron chi connectivity index (χ4n) is 5.37. The fraction of sp³-hybridized carbons (Fsp3) is 0.423. The molecule has 0 radical (unpaired) electrons. The van der Waals surface area contributed by atoms with Crippen molar-refractivity contribution in [3.05, 3.63) is 63.6 Å². The minimum absolute atomic E-state index is 0.0679. The zero-order valence-corrected chi connectivity index (χ0v) is 19.9. The van der Waals surface area contributed by atoms with Crippen LogP contribution in [0.15, 0.2) is 45.6 Å². The number of rotatable bonds is 4. The minimum Gasteiger partial charge on any atom is -0.483 e. The van der Waals surface area contributed by atoms with Crippen LogP contribution >= 0.6 is 0 Å². The van der Waals surface area contributed by atoms with Crippen LogP contribution in [0.2, 0.25) is 0 Å². The van der Waals surface area contributed by atoms with Crippen molar-refractivity contribution >= 4 is 16.8 Å². The Kier molecular flexibility index (Phi) is 6.12. The number of anilines is 1. The van der Waals surface area contributed by atoms with Gasteiger partial charge >= 0.3 is 11.8 Å². The van der Waals surface area contributed by atoms with Gasteiger partial charge in [0.15, 0.2) is 5.58 Å². The molecule has 0 amide bonds. The first-order chi connectivity index (χ1) is 17.2. The van der Waals surface area contributed by atoms with Gasteiger partial charge in [0.25, 0.3) is 0 Å². The smallest absolute Gasteiger partial charge is 0.416 e. The second-order valence-corrected chi connectivity index (χ2v) is 9.14. The van der Waals surface area contributed by atoms with Crippen LogP contribution in [0.5, 0.6) is 5.75 Å². The van der Waals surface area contributed by atoms with E-state index in [9.17, 15) is 23.2 Å². The lowest BCUT2D eigenvalue weighted by atomic mass is 9.94. The van der Waals surface area contributed by atoms with Crippen molar-refractivity contribution in [1.82, 2.24) is 9.88 Å². The molecule has 10 heteroatoms. The van der Waals surface area contributed by atoms with E-state index in [0.717, 1.165) is 30.5 Å². The Morgan fingerprint density at radius 2 is 1.92 bits per heavy atom. The summed E-state index contributed by atoms with van der Waals surface area (Å²) in [5, 5.41) is 9.34. The monoisotopic (exact) mass is 498 g/mol. The van der Waals surface area contributed by atoms with Crippen LogP contribution in [0.1, 0.15) is 49.6 Å². The van der Waals surface area contributed by atoms with Gasteiger partial charge in [0.05, 0.1) is 11.6 Å². The normalized spacial score (nSPS) is 20.8. The Labute approximate surface area is 205 Å². The lowest BCUT2D eigenvalue weighted by molar-refractivity contribution is -0.137. The van der Waals surface area contributed by atoms with Gasteiger partial charge in [0.1, 0.15) is 29.6 Å². The van der Waals surface area contributed by atoms with Gasteiger partial charge in [-0.2, -0.15) is 18.4 Å². The number of aromatic nitrogens is 1. The highest BCUT2D eigenvalue weighted by Gasteiger charge is 2.42. The largest absolute Gasteiger partial charge is 0.483 e. The minimum atomic E-state index is -4.38. The lowest BCUT2D eigenvalue weighted by Crippen LogP contribution is -2.62. The van der Waals surface area contributed by atoms with E-state index in [0.29, 0.717) is 24.3 Å². The highest BCUT2D eigenvalue weighted by Crippen LogP contribution is 2.41. The van der Waals surface area contributed by atoms with Gasteiger partial charge in [-0.15, -0.1) is 0 Å². The Morgan fingerprint density at radius 1 is 1.17 bits per heavy atom. The molecule has 1 fully saturated rings. The average Bonchev–Trinajstić information content (AvgIpc) is 2.88. The summed E-state index contributed by atoms with van der Waals surface area (Å²) in [6.45, 7) is 5.53. The van der Waals surface area contributed by atoms with E-state index in [-0.39, 0.29) is 41.8 Å². The van der Waals surface area contributed by atoms with Crippen LogP contribution in [0.4, 0.5) is 18.9 Å². The van der Waals surface area contributed by atoms with Crippen LogP contribution in [0.3, 0.4) is 0 Å². The van der Waals surface area contributed by atoms with Gasteiger partial charge in [-0.3, -0.25) is 4.90 Å². The zero-order chi connectivity index (χ0) is 25.6. The van der Waals surface area contributed by atoms with Gasteiger partial charge < -0.3 is 14.1 Å². The number of fused-ring (bicyclic) bond motifs is 5. The molecule has 2 aliphatic rings. The summed E-state index contributed by atoms with van der Waals surface area (Å²) in [6, 6.07) is 10.4. The maximum atomic E-state index is 13.1. The van der Waals surface area contributed by atoms with E-state index in [1.807, 2.05) is 13.0 Å². The highest BCUT2D eigenvalue weighted by atomic mass is 19.4. The van der Waals surface area contributed by atoms with Crippen molar-refractivity contribution in [2.24, 2.45) is 0 Å². The number of hydrogen-bond donors (Lipinski definition) is 0. The topological polar surface area (TPSA) is 82.6 Å². The molecular formula is C26H25F3N4O3. The number of piperazine rings is 1. The quantitative estimate of drug-likeness (QED) is 0.507. The molecule has 2 aliphatic heterocycles. The van der Waals surface area contributed by atoms with Gasteiger partial charge in [-0.1, -0.05) is 26.0 Å². The predicted molar refractivity (Wildman–Crippen MR) is 127 cm³/mol. The number of nitriles is 1. The number of benzene rings is 1. The summed E-state index contributed by atoms with van der Waals surface area (Å²) >= 11 is 0. The fourth-order valence-corrected chi connectivity index (χ4v) is 5.37. The summed E-state index contributed by atoms with van der Waals surface area (Å²) in [5.74, 6) is 0.0967. The second kappa shape index (κ2) is 9.13. The van der Waals surface area contributed by atoms with E-state index in [4.69, 9.17) is 9.15 Å². The van der Waals surface area contributed by atoms with Crippen molar-refractivity contribution in [3.63, 3.8) is 0 Å². The van der Waals surface area contributed by atoms with Crippen molar-refractivity contribution in [3.8, 4) is 11.8 Å². The molecule has 0 spiro atoms. The van der Waals surface area contributed by atoms with Crippen molar-refractivity contribution in [1.29, 1.82) is 5.26 Å². The maximum absolute atomic E-state index is 13.1. The van der Waals surface area contributed by atoms with E-state index >= 15 is 0 Å². The number of alkyl halides is 3. The number of ether oxygens (including phenoxy) is 1. The number of hydrogen-bond acceptors (Lipinski definition) is 7. The van der Waals surface area contributed by atoms with Crippen molar-refractivity contribution in [2.45, 2.75) is 51.0 Å². The van der Waals surface area contributed by atoms with E-state index in [1.54, 1.807) is 18.2 Å². The molecular weight excluding hydrogens is 473 g/mol. The van der Waals surface area contributed by atoms with E-state index in [2.05, 4.69) is 21.7 Å². The summed E-state index contributed by atoms with van der Waals surface area (Å²) in [5.41, 5.74) is 1.02. The van der Waals surface area contributed by atoms with Crippen molar-refractivity contribution in [2.75, 3.05) is 24.6 Å². The summed E-state index contributed by atoms with van der Waals surface area (Å²) in [7, 11) is 0. The van der Waals surface area contributed by atoms with E-state index in [1.165, 1.54) is 6.07 Å². The average molecular weight is 499 g/mol. The first-order valence-electron chi connectivity index (χ1n) is 11.9. The van der Waals surface area contributed by atoms with Crippen molar-refractivity contribution < 1.29 is 22.3 Å². The Hall–Kier alpha value is -3.58. The maximum Gasteiger partial charge on any atom is 0.416 e. The van der Waals surface area contributed by atoms with E-state index < -0.39 is 17.4 Å². The molecule has 0 unspecified atom stereocenters. The molecule has 5 rings (SSSR count).